The summed E-state index contributed by atoms with van der Waals surface area (Å²) in [6, 6.07) is 10.6. The van der Waals surface area contributed by atoms with E-state index in [1.807, 2.05) is 11.8 Å². The molecule has 100 valence electrons. The molecule has 0 aromatic heterocycles. The van der Waals surface area contributed by atoms with Gasteiger partial charge in [0.25, 0.3) is 0 Å². The van der Waals surface area contributed by atoms with Gasteiger partial charge in [-0.05, 0) is 37.9 Å². The third-order valence-corrected chi connectivity index (χ3v) is 4.30. The molecule has 1 aliphatic heterocycles. The molecular formula is C15H23NOS. The number of rotatable bonds is 6. The topological polar surface area (TPSA) is 12.5 Å². The molecule has 18 heavy (non-hydrogen) atoms. The summed E-state index contributed by atoms with van der Waals surface area (Å²) in [6.45, 7) is 4.24. The number of nitrogens with zero attached hydrogens (tertiary/aromatic N) is 1. The van der Waals surface area contributed by atoms with Crippen LogP contribution in [0, 0.1) is 5.92 Å². The second kappa shape index (κ2) is 7.82. The predicted molar refractivity (Wildman–Crippen MR) is 78.2 cm³/mol. The van der Waals surface area contributed by atoms with E-state index >= 15 is 0 Å². The molecule has 1 unspecified atom stereocenters. The molecule has 0 amide bonds. The first kappa shape index (κ1) is 13.9. The molecule has 1 saturated heterocycles. The molecule has 1 atom stereocenters. The van der Waals surface area contributed by atoms with Crippen LogP contribution < -0.4 is 0 Å². The maximum absolute atomic E-state index is 5.52. The minimum absolute atomic E-state index is 0.741. The van der Waals surface area contributed by atoms with E-state index < -0.39 is 0 Å². The molecule has 0 spiro atoms. The first-order valence-electron chi connectivity index (χ1n) is 6.79. The lowest BCUT2D eigenvalue weighted by Gasteiger charge is -2.26. The summed E-state index contributed by atoms with van der Waals surface area (Å²) in [5, 5.41) is 0. The third-order valence-electron chi connectivity index (χ3n) is 3.31. The fourth-order valence-electron chi connectivity index (χ4n) is 2.32. The average molecular weight is 265 g/mol. The highest BCUT2D eigenvalue weighted by Gasteiger charge is 2.15. The van der Waals surface area contributed by atoms with Crippen molar-refractivity contribution in [2.45, 2.75) is 17.7 Å². The largest absolute Gasteiger partial charge is 0.381 e. The van der Waals surface area contributed by atoms with Gasteiger partial charge in [-0.3, -0.25) is 0 Å². The molecule has 1 aromatic carbocycles. The summed E-state index contributed by atoms with van der Waals surface area (Å²) in [6.07, 6.45) is 2.56. The summed E-state index contributed by atoms with van der Waals surface area (Å²) in [7, 11) is 2.22. The molecule has 2 rings (SSSR count). The molecular weight excluding hydrogens is 242 g/mol. The summed E-state index contributed by atoms with van der Waals surface area (Å²) in [5.74, 6) is 1.90. The Morgan fingerprint density at radius 1 is 1.33 bits per heavy atom. The quantitative estimate of drug-likeness (QED) is 0.733. The van der Waals surface area contributed by atoms with Gasteiger partial charge in [-0.2, -0.15) is 0 Å². The normalized spacial score (nSPS) is 20.2. The Bertz CT molecular complexity index is 325. The van der Waals surface area contributed by atoms with E-state index in [4.69, 9.17) is 4.74 Å². The Labute approximate surface area is 115 Å². The Balaban J connectivity index is 1.61. The van der Waals surface area contributed by atoms with Crippen LogP contribution in [0.3, 0.4) is 0 Å². The van der Waals surface area contributed by atoms with Crippen molar-refractivity contribution >= 4 is 11.8 Å². The van der Waals surface area contributed by atoms with Crippen molar-refractivity contribution in [3.05, 3.63) is 30.3 Å². The van der Waals surface area contributed by atoms with Crippen molar-refractivity contribution in [1.82, 2.24) is 4.90 Å². The van der Waals surface area contributed by atoms with Crippen LogP contribution in [0.25, 0.3) is 0 Å². The van der Waals surface area contributed by atoms with Gasteiger partial charge < -0.3 is 9.64 Å². The number of benzene rings is 1. The molecule has 0 aliphatic carbocycles. The first-order chi connectivity index (χ1) is 8.84. The Morgan fingerprint density at radius 3 is 2.89 bits per heavy atom. The van der Waals surface area contributed by atoms with Gasteiger partial charge in [0.2, 0.25) is 0 Å². The molecule has 0 N–H and O–H groups in total. The van der Waals surface area contributed by atoms with Crippen LogP contribution in [0.15, 0.2) is 35.2 Å². The van der Waals surface area contributed by atoms with E-state index in [0.717, 1.165) is 31.4 Å². The number of ether oxygens (including phenoxy) is 1. The van der Waals surface area contributed by atoms with Gasteiger partial charge in [-0.1, -0.05) is 18.2 Å². The average Bonchev–Trinajstić information content (AvgIpc) is 2.41. The number of hydrogen-bond donors (Lipinski definition) is 0. The number of hydrogen-bond acceptors (Lipinski definition) is 3. The Kier molecular flexibility index (Phi) is 6.05. The van der Waals surface area contributed by atoms with Crippen molar-refractivity contribution in [2.75, 3.05) is 39.1 Å². The van der Waals surface area contributed by atoms with Gasteiger partial charge in [-0.25, -0.2) is 0 Å². The summed E-state index contributed by atoms with van der Waals surface area (Å²) < 4.78 is 5.52. The Hall–Kier alpha value is -0.510. The monoisotopic (exact) mass is 265 g/mol. The molecule has 3 heteroatoms. The van der Waals surface area contributed by atoms with Crippen LogP contribution in [0.4, 0.5) is 0 Å². The van der Waals surface area contributed by atoms with Gasteiger partial charge in [0.05, 0.1) is 6.61 Å². The van der Waals surface area contributed by atoms with E-state index in [1.54, 1.807) is 0 Å². The maximum Gasteiger partial charge on any atom is 0.0506 e. The van der Waals surface area contributed by atoms with Gasteiger partial charge in [-0.15, -0.1) is 11.8 Å². The molecule has 1 aromatic rings. The summed E-state index contributed by atoms with van der Waals surface area (Å²) >= 11 is 1.94. The maximum atomic E-state index is 5.52. The lowest BCUT2D eigenvalue weighted by atomic mass is 10.0. The van der Waals surface area contributed by atoms with E-state index in [9.17, 15) is 0 Å². The minimum atomic E-state index is 0.741. The van der Waals surface area contributed by atoms with Crippen LogP contribution in [-0.4, -0.2) is 44.0 Å². The molecule has 1 fully saturated rings. The van der Waals surface area contributed by atoms with Gasteiger partial charge >= 0.3 is 0 Å². The van der Waals surface area contributed by atoms with Crippen LogP contribution in [0.5, 0.6) is 0 Å². The molecule has 0 bridgehead atoms. The van der Waals surface area contributed by atoms with E-state index in [2.05, 4.69) is 42.3 Å². The van der Waals surface area contributed by atoms with Crippen molar-refractivity contribution in [3.63, 3.8) is 0 Å². The van der Waals surface area contributed by atoms with Crippen molar-refractivity contribution in [1.29, 1.82) is 0 Å². The van der Waals surface area contributed by atoms with Gasteiger partial charge in [0.1, 0.15) is 0 Å². The molecule has 1 heterocycles. The smallest absolute Gasteiger partial charge is 0.0506 e. The van der Waals surface area contributed by atoms with Crippen molar-refractivity contribution < 1.29 is 4.74 Å². The van der Waals surface area contributed by atoms with Crippen molar-refractivity contribution in [2.24, 2.45) is 5.92 Å². The highest BCUT2D eigenvalue weighted by molar-refractivity contribution is 7.99. The third kappa shape index (κ3) is 5.01. The first-order valence-corrected chi connectivity index (χ1v) is 7.77. The zero-order chi connectivity index (χ0) is 12.6. The number of thioether (sulfide) groups is 1. The van der Waals surface area contributed by atoms with E-state index in [-0.39, 0.29) is 0 Å². The van der Waals surface area contributed by atoms with Crippen LogP contribution in [0.1, 0.15) is 12.8 Å². The highest BCUT2D eigenvalue weighted by atomic mass is 32.2. The summed E-state index contributed by atoms with van der Waals surface area (Å²) in [4.78, 5) is 3.81. The van der Waals surface area contributed by atoms with E-state index in [1.165, 1.54) is 24.3 Å². The summed E-state index contributed by atoms with van der Waals surface area (Å²) in [5.41, 5.74) is 0. The molecule has 0 radical (unpaired) electrons. The van der Waals surface area contributed by atoms with E-state index in [0.29, 0.717) is 0 Å². The van der Waals surface area contributed by atoms with Crippen LogP contribution >= 0.6 is 11.8 Å². The van der Waals surface area contributed by atoms with Crippen LogP contribution in [-0.2, 0) is 4.74 Å². The molecule has 1 aliphatic rings. The lowest BCUT2D eigenvalue weighted by molar-refractivity contribution is 0.0428. The second-order valence-corrected chi connectivity index (χ2v) is 6.18. The molecule has 0 saturated carbocycles. The van der Waals surface area contributed by atoms with Gasteiger partial charge in [0.15, 0.2) is 0 Å². The van der Waals surface area contributed by atoms with Crippen LogP contribution in [0.2, 0.25) is 0 Å². The predicted octanol–water partition coefficient (Wildman–Crippen LogP) is 3.14. The standard InChI is InChI=1S/C15H23NOS/c1-16(12-14-6-5-10-17-13-14)9-11-18-15-7-3-2-4-8-15/h2-4,7-8,14H,5-6,9-13H2,1H3. The SMILES string of the molecule is CN(CCSc1ccccc1)CC1CCCOC1. The minimum Gasteiger partial charge on any atom is -0.381 e. The highest BCUT2D eigenvalue weighted by Crippen LogP contribution is 2.18. The molecule has 2 nitrogen and oxygen atoms in total. The second-order valence-electron chi connectivity index (χ2n) is 5.01. The fourth-order valence-corrected chi connectivity index (χ4v) is 3.31. The van der Waals surface area contributed by atoms with Gasteiger partial charge in [0, 0.05) is 30.3 Å². The lowest BCUT2D eigenvalue weighted by Crippen LogP contribution is -2.32. The van der Waals surface area contributed by atoms with Crippen molar-refractivity contribution in [3.8, 4) is 0 Å². The Morgan fingerprint density at radius 2 is 2.17 bits per heavy atom. The zero-order valence-electron chi connectivity index (χ0n) is 11.2. The fraction of sp³-hybridized carbons (Fsp3) is 0.600. The zero-order valence-corrected chi connectivity index (χ0v) is 12.0.